The summed E-state index contributed by atoms with van der Waals surface area (Å²) in [5.41, 5.74) is -1.30. The molecule has 0 saturated heterocycles. The predicted octanol–water partition coefficient (Wildman–Crippen LogP) is 5.64. The number of carbonyl (C=O) groups excluding carboxylic acids is 2. The van der Waals surface area contributed by atoms with Gasteiger partial charge < -0.3 is 10.2 Å². The van der Waals surface area contributed by atoms with Gasteiger partial charge in [-0.2, -0.15) is 13.2 Å². The number of anilines is 1. The van der Waals surface area contributed by atoms with Crippen LogP contribution in [0.5, 0.6) is 0 Å². The highest BCUT2D eigenvalue weighted by atomic mass is 35.5. The van der Waals surface area contributed by atoms with Crippen LogP contribution in [0, 0.1) is 5.82 Å². The molecular formula is C28H28ClF4N3O4S. The molecule has 3 aromatic rings. The van der Waals surface area contributed by atoms with E-state index in [0.29, 0.717) is 35.0 Å². The van der Waals surface area contributed by atoms with Gasteiger partial charge in [-0.1, -0.05) is 48.9 Å². The van der Waals surface area contributed by atoms with Crippen LogP contribution in [0.4, 0.5) is 23.2 Å². The average molecular weight is 614 g/mol. The van der Waals surface area contributed by atoms with Gasteiger partial charge in [-0.3, -0.25) is 13.9 Å². The van der Waals surface area contributed by atoms with E-state index in [1.165, 1.54) is 43.3 Å². The van der Waals surface area contributed by atoms with Crippen molar-refractivity contribution in [1.82, 2.24) is 10.2 Å². The Balaban J connectivity index is 2.11. The summed E-state index contributed by atoms with van der Waals surface area (Å²) in [7, 11) is -4.62. The lowest BCUT2D eigenvalue weighted by Crippen LogP contribution is -2.51. The number of halogens is 5. The van der Waals surface area contributed by atoms with Crippen LogP contribution in [0.25, 0.3) is 0 Å². The fraction of sp³-hybridized carbons (Fsp3) is 0.286. The highest BCUT2D eigenvalue weighted by Crippen LogP contribution is 2.37. The molecule has 220 valence electrons. The van der Waals surface area contributed by atoms with Crippen molar-refractivity contribution in [3.05, 3.63) is 94.8 Å². The normalized spacial score (nSPS) is 12.5. The van der Waals surface area contributed by atoms with Crippen molar-refractivity contribution in [2.45, 2.75) is 43.9 Å². The van der Waals surface area contributed by atoms with Crippen molar-refractivity contribution < 1.29 is 35.6 Å². The van der Waals surface area contributed by atoms with Crippen LogP contribution in [0.15, 0.2) is 77.7 Å². The Kier molecular flexibility index (Phi) is 10.4. The van der Waals surface area contributed by atoms with E-state index in [0.717, 1.165) is 23.1 Å². The monoisotopic (exact) mass is 613 g/mol. The first kappa shape index (κ1) is 31.9. The number of nitrogens with zero attached hydrogens (tertiary/aromatic N) is 2. The van der Waals surface area contributed by atoms with Crippen molar-refractivity contribution in [1.29, 1.82) is 0 Å². The van der Waals surface area contributed by atoms with Crippen molar-refractivity contribution in [2.24, 2.45) is 0 Å². The molecule has 41 heavy (non-hydrogen) atoms. The fourth-order valence-corrected chi connectivity index (χ4v) is 5.59. The molecule has 0 saturated carbocycles. The molecule has 0 heterocycles. The van der Waals surface area contributed by atoms with E-state index in [9.17, 15) is 35.6 Å². The maximum atomic E-state index is 13.8. The van der Waals surface area contributed by atoms with Gasteiger partial charge in [-0.15, -0.1) is 0 Å². The Labute approximate surface area is 240 Å². The molecule has 13 heteroatoms. The average Bonchev–Trinajstić information content (AvgIpc) is 2.94. The number of hydrogen-bond donors (Lipinski definition) is 1. The molecule has 7 nitrogen and oxygen atoms in total. The number of carbonyl (C=O) groups is 2. The minimum atomic E-state index is -4.83. The van der Waals surface area contributed by atoms with Gasteiger partial charge in [-0.05, 0) is 61.4 Å². The highest BCUT2D eigenvalue weighted by Gasteiger charge is 2.36. The molecule has 0 aliphatic heterocycles. The molecule has 3 aromatic carbocycles. The first-order chi connectivity index (χ1) is 19.3. The lowest BCUT2D eigenvalue weighted by molar-refractivity contribution is -0.139. The summed E-state index contributed by atoms with van der Waals surface area (Å²) in [5, 5.41) is 2.32. The van der Waals surface area contributed by atoms with Crippen LogP contribution >= 0.6 is 11.6 Å². The van der Waals surface area contributed by atoms with Crippen LogP contribution in [0.2, 0.25) is 5.02 Å². The third-order valence-corrected chi connectivity index (χ3v) is 8.23. The Bertz CT molecular complexity index is 1470. The lowest BCUT2D eigenvalue weighted by Gasteiger charge is -2.32. The summed E-state index contributed by atoms with van der Waals surface area (Å²) in [6.45, 7) is 2.38. The van der Waals surface area contributed by atoms with E-state index in [4.69, 9.17) is 11.6 Å². The van der Waals surface area contributed by atoms with Gasteiger partial charge in [0.1, 0.15) is 18.4 Å². The maximum absolute atomic E-state index is 13.8. The van der Waals surface area contributed by atoms with Crippen LogP contribution < -0.4 is 9.62 Å². The topological polar surface area (TPSA) is 86.8 Å². The molecule has 0 spiro atoms. The molecule has 0 radical (unpaired) electrons. The van der Waals surface area contributed by atoms with Crippen LogP contribution in [0.1, 0.15) is 31.4 Å². The number of sulfonamides is 1. The molecule has 3 rings (SSSR count). The van der Waals surface area contributed by atoms with Crippen molar-refractivity contribution in [2.75, 3.05) is 17.4 Å². The smallest absolute Gasteiger partial charge is 0.354 e. The van der Waals surface area contributed by atoms with Crippen molar-refractivity contribution in [3.63, 3.8) is 0 Å². The zero-order valence-electron chi connectivity index (χ0n) is 22.2. The Morgan fingerprint density at radius 3 is 2.22 bits per heavy atom. The van der Waals surface area contributed by atoms with E-state index >= 15 is 0 Å². The van der Waals surface area contributed by atoms with Gasteiger partial charge in [0.05, 0.1) is 21.2 Å². The van der Waals surface area contributed by atoms with E-state index < -0.39 is 57.7 Å². The second kappa shape index (κ2) is 13.3. The van der Waals surface area contributed by atoms with Crippen LogP contribution in [-0.4, -0.2) is 44.3 Å². The van der Waals surface area contributed by atoms with Crippen molar-refractivity contribution in [3.8, 4) is 0 Å². The maximum Gasteiger partial charge on any atom is 0.416 e. The zero-order valence-corrected chi connectivity index (χ0v) is 23.7. The van der Waals surface area contributed by atoms with E-state index in [1.54, 1.807) is 6.07 Å². The number of alkyl halides is 3. The number of rotatable bonds is 11. The molecule has 0 bridgehead atoms. The second-order valence-corrected chi connectivity index (χ2v) is 11.4. The SMILES string of the molecule is CCCNC(=O)C(C)N(Cc1ccc(F)cc1)C(=O)CN(c1cc(C(F)(F)F)ccc1Cl)S(=O)(=O)c1ccccc1. The number of hydrogen-bond acceptors (Lipinski definition) is 4. The molecule has 0 aliphatic rings. The summed E-state index contributed by atoms with van der Waals surface area (Å²) >= 11 is 6.21. The Morgan fingerprint density at radius 1 is 1.00 bits per heavy atom. The molecule has 0 aromatic heterocycles. The number of nitrogens with one attached hydrogen (secondary N) is 1. The van der Waals surface area contributed by atoms with Gasteiger partial charge in [0.15, 0.2) is 0 Å². The van der Waals surface area contributed by atoms with E-state index in [1.807, 2.05) is 6.92 Å². The Hall–Kier alpha value is -3.64. The highest BCUT2D eigenvalue weighted by molar-refractivity contribution is 7.92. The first-order valence-electron chi connectivity index (χ1n) is 12.5. The number of benzene rings is 3. The summed E-state index contributed by atoms with van der Waals surface area (Å²) in [6.07, 6.45) is -4.21. The molecule has 0 fully saturated rings. The minimum absolute atomic E-state index is 0.213. The van der Waals surface area contributed by atoms with Gasteiger partial charge >= 0.3 is 6.18 Å². The molecule has 1 unspecified atom stereocenters. The van der Waals surface area contributed by atoms with E-state index in [2.05, 4.69) is 5.32 Å². The predicted molar refractivity (Wildman–Crippen MR) is 147 cm³/mol. The van der Waals surface area contributed by atoms with Crippen molar-refractivity contribution >= 4 is 39.1 Å². The van der Waals surface area contributed by atoms with Gasteiger partial charge in [-0.25, -0.2) is 12.8 Å². The zero-order chi connectivity index (χ0) is 30.4. The van der Waals surface area contributed by atoms with Gasteiger partial charge in [0.2, 0.25) is 11.8 Å². The molecule has 0 aliphatic carbocycles. The molecule has 1 atom stereocenters. The lowest BCUT2D eigenvalue weighted by atomic mass is 10.1. The number of amides is 2. The Morgan fingerprint density at radius 2 is 1.63 bits per heavy atom. The first-order valence-corrected chi connectivity index (χ1v) is 14.3. The molecule has 1 N–H and O–H groups in total. The third-order valence-electron chi connectivity index (χ3n) is 6.13. The second-order valence-electron chi connectivity index (χ2n) is 9.10. The van der Waals surface area contributed by atoms with Crippen LogP contribution in [-0.2, 0) is 32.3 Å². The third kappa shape index (κ3) is 7.98. The summed E-state index contributed by atoms with van der Waals surface area (Å²) in [4.78, 5) is 27.4. The standard InChI is InChI=1S/C28H28ClF4N3O4S/c1-3-15-34-27(38)19(2)35(17-20-9-12-22(30)13-10-20)26(37)18-36(41(39,40)23-7-5-4-6-8-23)25-16-21(28(31,32)33)11-14-24(25)29/h4-14,16,19H,3,15,17-18H2,1-2H3,(H,34,38). The van der Waals surface area contributed by atoms with Gasteiger partial charge in [0, 0.05) is 13.1 Å². The molecule has 2 amide bonds. The minimum Gasteiger partial charge on any atom is -0.354 e. The molecular weight excluding hydrogens is 586 g/mol. The summed E-state index contributed by atoms with van der Waals surface area (Å²) < 4.78 is 82.2. The van der Waals surface area contributed by atoms with Gasteiger partial charge in [0.25, 0.3) is 10.0 Å². The largest absolute Gasteiger partial charge is 0.416 e. The van der Waals surface area contributed by atoms with E-state index in [-0.39, 0.29) is 16.5 Å². The summed E-state index contributed by atoms with van der Waals surface area (Å²) in [6, 6.07) is 13.0. The summed E-state index contributed by atoms with van der Waals surface area (Å²) in [5.74, 6) is -1.96. The fourth-order valence-electron chi connectivity index (χ4n) is 3.88. The van der Waals surface area contributed by atoms with Crippen LogP contribution in [0.3, 0.4) is 0 Å². The quantitative estimate of drug-likeness (QED) is 0.284.